The van der Waals surface area contributed by atoms with Gasteiger partial charge in [-0.05, 0) is 59.5 Å². The van der Waals surface area contributed by atoms with E-state index in [1.807, 2.05) is 77.7 Å². The fourth-order valence-corrected chi connectivity index (χ4v) is 6.04. The van der Waals surface area contributed by atoms with Crippen molar-refractivity contribution in [3.63, 3.8) is 0 Å². The van der Waals surface area contributed by atoms with Crippen molar-refractivity contribution in [1.29, 1.82) is 0 Å². The Morgan fingerprint density at radius 2 is 1.43 bits per heavy atom. The molecule has 7 nitrogen and oxygen atoms in total. The molecule has 2 amide bonds. The minimum atomic E-state index is -0.747. The lowest BCUT2D eigenvalue weighted by molar-refractivity contribution is -0.140. The second-order valence-electron chi connectivity index (χ2n) is 11.9. The van der Waals surface area contributed by atoms with E-state index in [1.165, 1.54) is 0 Å². The Morgan fingerprint density at radius 1 is 0.750 bits per heavy atom. The van der Waals surface area contributed by atoms with Crippen molar-refractivity contribution in [2.24, 2.45) is 11.7 Å². The largest absolute Gasteiger partial charge is 0.340 e. The zero-order chi connectivity index (χ0) is 31.1. The molecule has 0 bridgehead atoms. The molecule has 228 valence electrons. The average Bonchev–Trinajstić information content (AvgIpc) is 3.06. The summed E-state index contributed by atoms with van der Waals surface area (Å²) in [6.45, 7) is 3.22. The number of nitrogens with two attached hydrogens (primary N) is 1. The number of piperazine rings is 1. The summed E-state index contributed by atoms with van der Waals surface area (Å²) in [7, 11) is 3.75. The first kappa shape index (κ1) is 31.1. The van der Waals surface area contributed by atoms with E-state index in [0.29, 0.717) is 38.0 Å². The molecule has 2 atom stereocenters. The Bertz CT molecular complexity index is 1600. The number of hydrogen-bond donors (Lipinski definition) is 1. The predicted octanol–water partition coefficient (Wildman–Crippen LogP) is 4.57. The number of carbonyl (C=O) groups excluding carboxylic acids is 3. The minimum Gasteiger partial charge on any atom is -0.340 e. The van der Waals surface area contributed by atoms with E-state index >= 15 is 0 Å². The van der Waals surface area contributed by atoms with Crippen LogP contribution in [0.5, 0.6) is 0 Å². The fraction of sp³-hybridized carbons (Fsp3) is 0.324. The highest BCUT2D eigenvalue weighted by atomic mass is 16.2. The maximum Gasteiger partial charge on any atom is 0.254 e. The normalized spacial score (nSPS) is 15.1. The lowest BCUT2D eigenvalue weighted by Crippen LogP contribution is -2.50. The van der Waals surface area contributed by atoms with E-state index in [-0.39, 0.29) is 24.0 Å². The Labute approximate surface area is 260 Å². The number of carbonyl (C=O) groups is 3. The lowest BCUT2D eigenvalue weighted by atomic mass is 9.88. The van der Waals surface area contributed by atoms with Gasteiger partial charge in [-0.25, -0.2) is 0 Å². The number of amides is 2. The second kappa shape index (κ2) is 14.4. The zero-order valence-corrected chi connectivity index (χ0v) is 25.7. The van der Waals surface area contributed by atoms with Crippen LogP contribution in [0.3, 0.4) is 0 Å². The number of nitrogens with zero attached hydrogens (tertiary/aromatic N) is 3. The minimum absolute atomic E-state index is 0.00406. The maximum atomic E-state index is 14.4. The lowest BCUT2D eigenvalue weighted by Gasteiger charge is -2.35. The van der Waals surface area contributed by atoms with Crippen molar-refractivity contribution < 1.29 is 14.4 Å². The second-order valence-corrected chi connectivity index (χ2v) is 11.9. The van der Waals surface area contributed by atoms with Gasteiger partial charge in [-0.1, -0.05) is 84.9 Å². The van der Waals surface area contributed by atoms with E-state index in [2.05, 4.69) is 24.1 Å². The fourth-order valence-electron chi connectivity index (χ4n) is 6.04. The first-order chi connectivity index (χ1) is 21.3. The third kappa shape index (κ3) is 7.59. The van der Waals surface area contributed by atoms with E-state index < -0.39 is 12.0 Å². The van der Waals surface area contributed by atoms with Crippen molar-refractivity contribution in [1.82, 2.24) is 14.7 Å². The summed E-state index contributed by atoms with van der Waals surface area (Å²) in [4.78, 5) is 47.7. The van der Waals surface area contributed by atoms with E-state index in [0.717, 1.165) is 40.6 Å². The molecule has 1 aliphatic rings. The molecule has 1 heterocycles. The Kier molecular flexibility index (Phi) is 10.2. The van der Waals surface area contributed by atoms with Crippen LogP contribution in [0.1, 0.15) is 33.5 Å². The number of fused-ring (bicyclic) bond motifs is 1. The Balaban J connectivity index is 1.45. The SMILES string of the molecule is CN1CCN(C(=O)[C@@H](CC(=O)[C@@H](Cc2ccc3ccccc3c2)N(C)C(=O)c2cccc(CN)c2)Cc2ccccc2)CC1. The first-order valence-corrected chi connectivity index (χ1v) is 15.4. The molecule has 1 fully saturated rings. The molecular weight excluding hydrogens is 548 g/mol. The van der Waals surface area contributed by atoms with Crippen molar-refractivity contribution in [3.8, 4) is 0 Å². The molecular formula is C37H42N4O3. The van der Waals surface area contributed by atoms with Crippen LogP contribution in [0.25, 0.3) is 10.8 Å². The number of benzene rings is 4. The molecule has 5 rings (SSSR count). The number of ketones is 1. The van der Waals surface area contributed by atoms with Gasteiger partial charge < -0.3 is 20.4 Å². The van der Waals surface area contributed by atoms with E-state index in [4.69, 9.17) is 5.73 Å². The highest BCUT2D eigenvalue weighted by Gasteiger charge is 2.34. The van der Waals surface area contributed by atoms with Crippen molar-refractivity contribution in [3.05, 3.63) is 119 Å². The van der Waals surface area contributed by atoms with Crippen molar-refractivity contribution in [2.45, 2.75) is 31.8 Å². The summed E-state index contributed by atoms with van der Waals surface area (Å²) in [6, 6.07) is 30.6. The quantitative estimate of drug-likeness (QED) is 0.277. The van der Waals surface area contributed by atoms with Gasteiger partial charge in [-0.2, -0.15) is 0 Å². The van der Waals surface area contributed by atoms with Crippen molar-refractivity contribution >= 4 is 28.4 Å². The van der Waals surface area contributed by atoms with Crippen LogP contribution in [0.2, 0.25) is 0 Å². The number of likely N-dealkylation sites (N-methyl/N-ethyl adjacent to an activating group) is 2. The Morgan fingerprint density at radius 3 is 2.16 bits per heavy atom. The molecule has 0 unspecified atom stereocenters. The monoisotopic (exact) mass is 590 g/mol. The Hall–Kier alpha value is -4.33. The van der Waals surface area contributed by atoms with Gasteiger partial charge in [-0.3, -0.25) is 14.4 Å². The molecule has 1 saturated heterocycles. The maximum absolute atomic E-state index is 14.4. The van der Waals surface area contributed by atoms with Crippen molar-refractivity contribution in [2.75, 3.05) is 40.3 Å². The van der Waals surface area contributed by atoms with Crippen LogP contribution in [0.4, 0.5) is 0 Å². The molecule has 0 aliphatic carbocycles. The highest BCUT2D eigenvalue weighted by molar-refractivity contribution is 5.99. The van der Waals surface area contributed by atoms with Gasteiger partial charge in [0.15, 0.2) is 5.78 Å². The summed E-state index contributed by atoms with van der Waals surface area (Å²) in [5, 5.41) is 2.19. The number of rotatable bonds is 11. The van der Waals surface area contributed by atoms with Crippen LogP contribution in [-0.2, 0) is 29.0 Å². The van der Waals surface area contributed by atoms with E-state index in [9.17, 15) is 14.4 Å². The highest BCUT2D eigenvalue weighted by Crippen LogP contribution is 2.23. The molecule has 7 heteroatoms. The van der Waals surface area contributed by atoms with Gasteiger partial charge in [0, 0.05) is 57.7 Å². The topological polar surface area (TPSA) is 87.0 Å². The summed E-state index contributed by atoms with van der Waals surface area (Å²) in [5.74, 6) is -0.877. The summed E-state index contributed by atoms with van der Waals surface area (Å²) < 4.78 is 0. The van der Waals surface area contributed by atoms with E-state index in [1.54, 1.807) is 24.1 Å². The standard InChI is InChI=1S/C37H42N4O3/c1-39-17-19-41(20-18-39)37(44)33(21-27-9-4-3-5-10-27)25-35(42)34(24-28-15-16-30-12-6-7-13-31(30)22-28)40(2)36(43)32-14-8-11-29(23-32)26-38/h3-16,22-23,33-34H,17-21,24-26,38H2,1-2H3/t33-,34-/m1/s1. The van der Waals surface area contributed by atoms with Crippen LogP contribution < -0.4 is 5.73 Å². The van der Waals surface area contributed by atoms with Crippen LogP contribution >= 0.6 is 0 Å². The predicted molar refractivity (Wildman–Crippen MR) is 175 cm³/mol. The molecule has 1 aliphatic heterocycles. The van der Waals surface area contributed by atoms with Gasteiger partial charge in [0.05, 0.1) is 6.04 Å². The molecule has 0 spiro atoms. The van der Waals surface area contributed by atoms with Crippen LogP contribution in [0.15, 0.2) is 97.1 Å². The third-order valence-electron chi connectivity index (χ3n) is 8.75. The summed E-state index contributed by atoms with van der Waals surface area (Å²) in [6.07, 6.45) is 0.874. The summed E-state index contributed by atoms with van der Waals surface area (Å²) >= 11 is 0. The molecule has 0 radical (unpaired) electrons. The number of Topliss-reactive ketones (excluding diaryl/α,β-unsaturated/α-hetero) is 1. The molecule has 0 saturated carbocycles. The third-order valence-corrected chi connectivity index (χ3v) is 8.75. The molecule has 2 N–H and O–H groups in total. The average molecular weight is 591 g/mol. The van der Waals surface area contributed by atoms with Gasteiger partial charge in [0.2, 0.25) is 5.91 Å². The smallest absolute Gasteiger partial charge is 0.254 e. The summed E-state index contributed by atoms with van der Waals surface area (Å²) in [5.41, 5.74) is 9.16. The van der Waals surface area contributed by atoms with Gasteiger partial charge in [0.1, 0.15) is 0 Å². The number of hydrogen-bond acceptors (Lipinski definition) is 5. The van der Waals surface area contributed by atoms with Gasteiger partial charge >= 0.3 is 0 Å². The molecule has 0 aromatic heterocycles. The van der Waals surface area contributed by atoms with Gasteiger partial charge in [-0.15, -0.1) is 0 Å². The molecule has 4 aromatic carbocycles. The molecule has 4 aromatic rings. The van der Waals surface area contributed by atoms with Crippen LogP contribution in [0, 0.1) is 5.92 Å². The van der Waals surface area contributed by atoms with Gasteiger partial charge in [0.25, 0.3) is 5.91 Å². The molecule has 44 heavy (non-hydrogen) atoms. The zero-order valence-electron chi connectivity index (χ0n) is 25.7. The van der Waals surface area contributed by atoms with Crippen LogP contribution in [-0.4, -0.2) is 78.6 Å². The first-order valence-electron chi connectivity index (χ1n) is 15.4.